The van der Waals surface area contributed by atoms with Gasteiger partial charge in [0.2, 0.25) is 0 Å². The molecule has 1 aromatic carbocycles. The van der Waals surface area contributed by atoms with Crippen LogP contribution in [0.25, 0.3) is 0 Å². The Morgan fingerprint density at radius 3 is 2.83 bits per heavy atom. The van der Waals surface area contributed by atoms with Crippen molar-refractivity contribution in [1.82, 2.24) is 10.2 Å². The van der Waals surface area contributed by atoms with Crippen LogP contribution in [0.5, 0.6) is 0 Å². The Hall–Kier alpha value is -1.62. The Balaban J connectivity index is 1.32. The topological polar surface area (TPSA) is 41.6 Å². The summed E-state index contributed by atoms with van der Waals surface area (Å²) in [7, 11) is 0. The first-order valence-electron chi connectivity index (χ1n) is 9.11. The van der Waals surface area contributed by atoms with Crippen molar-refractivity contribution in [2.45, 2.75) is 44.6 Å². The number of aryl methyl sites for hydroxylation is 1. The number of halogens is 1. The lowest BCUT2D eigenvalue weighted by atomic mass is 9.90. The third kappa shape index (κ3) is 4.69. The van der Waals surface area contributed by atoms with Gasteiger partial charge in [-0.2, -0.15) is 0 Å². The van der Waals surface area contributed by atoms with E-state index in [-0.39, 0.29) is 11.8 Å². The van der Waals surface area contributed by atoms with Gasteiger partial charge in [0.25, 0.3) is 0 Å². The van der Waals surface area contributed by atoms with E-state index in [1.807, 2.05) is 11.0 Å². The minimum absolute atomic E-state index is 0.0278. The van der Waals surface area contributed by atoms with Crippen LogP contribution in [0.4, 0.5) is 9.18 Å². The molecule has 1 aromatic rings. The fraction of sp³-hybridized carbons (Fsp3) is 0.632. The smallest absolute Gasteiger partial charge is 0.317 e. The number of urea groups is 1. The molecular formula is C19H27FN2O2. The lowest BCUT2D eigenvalue weighted by Crippen LogP contribution is -2.46. The number of carbonyl (C=O) groups excluding carboxylic acids is 1. The molecule has 0 radical (unpaired) electrons. The Morgan fingerprint density at radius 2 is 2.12 bits per heavy atom. The van der Waals surface area contributed by atoms with Crippen LogP contribution in [-0.4, -0.2) is 43.3 Å². The number of likely N-dealkylation sites (tertiary alicyclic amines) is 1. The van der Waals surface area contributed by atoms with Crippen LogP contribution in [-0.2, 0) is 11.2 Å². The van der Waals surface area contributed by atoms with Crippen LogP contribution in [0.1, 0.15) is 37.7 Å². The lowest BCUT2D eigenvalue weighted by molar-refractivity contribution is 0.0372. The van der Waals surface area contributed by atoms with Crippen LogP contribution < -0.4 is 5.32 Å². The van der Waals surface area contributed by atoms with E-state index in [4.69, 9.17) is 4.74 Å². The number of piperidine rings is 1. The highest BCUT2D eigenvalue weighted by atomic mass is 19.1. The van der Waals surface area contributed by atoms with Gasteiger partial charge in [0.1, 0.15) is 5.82 Å². The molecule has 0 unspecified atom stereocenters. The number of hydrogen-bond acceptors (Lipinski definition) is 2. The van der Waals surface area contributed by atoms with Gasteiger partial charge in [0.15, 0.2) is 0 Å². The molecule has 0 aromatic heterocycles. The minimum Gasteiger partial charge on any atom is -0.378 e. The average Bonchev–Trinajstić information content (AvgIpc) is 3.13. The van der Waals surface area contributed by atoms with Gasteiger partial charge in [-0.1, -0.05) is 12.1 Å². The van der Waals surface area contributed by atoms with Crippen LogP contribution >= 0.6 is 0 Å². The monoisotopic (exact) mass is 334 g/mol. The first-order valence-corrected chi connectivity index (χ1v) is 9.11. The van der Waals surface area contributed by atoms with Crippen molar-refractivity contribution in [2.24, 2.45) is 5.92 Å². The maximum atomic E-state index is 13.1. The zero-order chi connectivity index (χ0) is 16.8. The molecule has 0 aliphatic carbocycles. The van der Waals surface area contributed by atoms with Crippen LogP contribution in [0, 0.1) is 11.7 Å². The van der Waals surface area contributed by atoms with Crippen molar-refractivity contribution in [3.05, 3.63) is 35.6 Å². The standard InChI is InChI=1S/C19H27FN2O2/c20-17-6-1-4-15(14-17)5-2-10-21-19(23)22-11-8-16(9-12-22)18-7-3-13-24-18/h1,4,6,14,16,18H,2-3,5,7-13H2,(H,21,23)/t18-/m1/s1. The molecule has 2 amide bonds. The molecule has 132 valence electrons. The van der Waals surface area contributed by atoms with Crippen molar-refractivity contribution in [2.75, 3.05) is 26.2 Å². The summed E-state index contributed by atoms with van der Waals surface area (Å²) in [6.45, 7) is 3.16. The highest BCUT2D eigenvalue weighted by molar-refractivity contribution is 5.74. The number of hydrogen-bond donors (Lipinski definition) is 1. The molecule has 2 heterocycles. The van der Waals surface area contributed by atoms with E-state index in [1.165, 1.54) is 18.9 Å². The molecule has 4 nitrogen and oxygen atoms in total. The maximum absolute atomic E-state index is 13.1. The summed E-state index contributed by atoms with van der Waals surface area (Å²) >= 11 is 0. The molecule has 5 heteroatoms. The summed E-state index contributed by atoms with van der Waals surface area (Å²) in [5.74, 6) is 0.412. The van der Waals surface area contributed by atoms with E-state index in [9.17, 15) is 9.18 Å². The molecule has 0 spiro atoms. The fourth-order valence-electron chi connectivity index (χ4n) is 3.74. The van der Waals surface area contributed by atoms with E-state index in [0.717, 1.165) is 50.9 Å². The van der Waals surface area contributed by atoms with Gasteiger partial charge >= 0.3 is 6.03 Å². The molecule has 24 heavy (non-hydrogen) atoms. The van der Waals surface area contributed by atoms with Gasteiger partial charge < -0.3 is 15.0 Å². The Labute approximate surface area is 143 Å². The average molecular weight is 334 g/mol. The third-order valence-corrected chi connectivity index (χ3v) is 5.13. The highest BCUT2D eigenvalue weighted by Crippen LogP contribution is 2.28. The summed E-state index contributed by atoms with van der Waals surface area (Å²) in [5.41, 5.74) is 0.974. The van der Waals surface area contributed by atoms with Crippen molar-refractivity contribution < 1.29 is 13.9 Å². The van der Waals surface area contributed by atoms with Gasteiger partial charge in [-0.15, -0.1) is 0 Å². The molecular weight excluding hydrogens is 307 g/mol. The summed E-state index contributed by atoms with van der Waals surface area (Å²) in [6.07, 6.45) is 6.46. The molecule has 0 saturated carbocycles. The van der Waals surface area contributed by atoms with E-state index in [0.29, 0.717) is 18.6 Å². The summed E-state index contributed by atoms with van der Waals surface area (Å²) < 4.78 is 18.9. The normalized spacial score (nSPS) is 21.9. The second-order valence-electron chi connectivity index (χ2n) is 6.84. The number of nitrogens with zero attached hydrogens (tertiary/aromatic N) is 1. The quantitative estimate of drug-likeness (QED) is 0.839. The first-order chi connectivity index (χ1) is 11.7. The number of ether oxygens (including phenoxy) is 1. The molecule has 0 bridgehead atoms. The Morgan fingerprint density at radius 1 is 1.29 bits per heavy atom. The Kier molecular flexibility index (Phi) is 6.07. The molecule has 2 fully saturated rings. The number of nitrogens with one attached hydrogen (secondary N) is 1. The maximum Gasteiger partial charge on any atom is 0.317 e. The fourth-order valence-corrected chi connectivity index (χ4v) is 3.74. The largest absolute Gasteiger partial charge is 0.378 e. The summed E-state index contributed by atoms with van der Waals surface area (Å²) in [6, 6.07) is 6.67. The summed E-state index contributed by atoms with van der Waals surface area (Å²) in [4.78, 5) is 14.1. The molecule has 2 saturated heterocycles. The van der Waals surface area contributed by atoms with Gasteiger partial charge in [-0.25, -0.2) is 9.18 Å². The predicted molar refractivity (Wildman–Crippen MR) is 91.4 cm³/mol. The van der Waals surface area contributed by atoms with Gasteiger partial charge in [0.05, 0.1) is 6.10 Å². The van der Waals surface area contributed by atoms with Gasteiger partial charge in [-0.3, -0.25) is 0 Å². The number of rotatable bonds is 5. The van der Waals surface area contributed by atoms with E-state index < -0.39 is 0 Å². The van der Waals surface area contributed by atoms with Crippen molar-refractivity contribution in [3.8, 4) is 0 Å². The second kappa shape index (κ2) is 8.47. The summed E-state index contributed by atoms with van der Waals surface area (Å²) in [5, 5.41) is 2.98. The molecule has 1 N–H and O–H groups in total. The van der Waals surface area contributed by atoms with Crippen LogP contribution in [0.2, 0.25) is 0 Å². The van der Waals surface area contributed by atoms with E-state index in [1.54, 1.807) is 12.1 Å². The van der Waals surface area contributed by atoms with Crippen molar-refractivity contribution in [1.29, 1.82) is 0 Å². The van der Waals surface area contributed by atoms with E-state index >= 15 is 0 Å². The second-order valence-corrected chi connectivity index (χ2v) is 6.84. The zero-order valence-corrected chi connectivity index (χ0v) is 14.2. The van der Waals surface area contributed by atoms with Gasteiger partial charge in [0, 0.05) is 26.2 Å². The molecule has 1 atom stereocenters. The van der Waals surface area contributed by atoms with E-state index in [2.05, 4.69) is 5.32 Å². The van der Waals surface area contributed by atoms with Crippen molar-refractivity contribution >= 4 is 6.03 Å². The Bertz CT molecular complexity index is 538. The van der Waals surface area contributed by atoms with Crippen LogP contribution in [0.15, 0.2) is 24.3 Å². The number of amides is 2. The third-order valence-electron chi connectivity index (χ3n) is 5.13. The SMILES string of the molecule is O=C(NCCCc1cccc(F)c1)N1CCC([C@H]2CCCO2)CC1. The predicted octanol–water partition coefficient (Wildman–Crippen LogP) is 3.36. The first kappa shape index (κ1) is 17.2. The minimum atomic E-state index is -0.203. The molecule has 2 aliphatic heterocycles. The molecule has 2 aliphatic rings. The highest BCUT2D eigenvalue weighted by Gasteiger charge is 2.30. The molecule has 3 rings (SSSR count). The number of carbonyl (C=O) groups is 1. The van der Waals surface area contributed by atoms with Gasteiger partial charge in [-0.05, 0) is 62.1 Å². The lowest BCUT2D eigenvalue weighted by Gasteiger charge is -2.34. The van der Waals surface area contributed by atoms with Crippen molar-refractivity contribution in [3.63, 3.8) is 0 Å². The number of benzene rings is 1. The zero-order valence-electron chi connectivity index (χ0n) is 14.2. The van der Waals surface area contributed by atoms with Crippen LogP contribution in [0.3, 0.4) is 0 Å².